The highest BCUT2D eigenvalue weighted by molar-refractivity contribution is 9.08. The minimum absolute atomic E-state index is 0.230. The van der Waals surface area contributed by atoms with Gasteiger partial charge in [-0.1, -0.05) is 15.9 Å². The normalized spacial score (nSPS) is 11.3. The number of alkyl halides is 4. The first-order valence-electron chi connectivity index (χ1n) is 3.97. The van der Waals surface area contributed by atoms with Crippen LogP contribution in [0.4, 0.5) is 19.0 Å². The second kappa shape index (κ2) is 4.73. The molecule has 0 spiro atoms. The lowest BCUT2D eigenvalue weighted by atomic mass is 10.3. The first kappa shape index (κ1) is 13.5. The summed E-state index contributed by atoms with van der Waals surface area (Å²) in [5.41, 5.74) is -1.40. The molecule has 1 N–H and O–H groups in total. The molecule has 0 aliphatic heterocycles. The van der Waals surface area contributed by atoms with E-state index < -0.39 is 28.4 Å². The van der Waals surface area contributed by atoms with Gasteiger partial charge in [0.05, 0.1) is 11.6 Å². The Balaban J connectivity index is 3.34. The van der Waals surface area contributed by atoms with Crippen LogP contribution in [-0.2, 0) is 5.33 Å². The number of ether oxygens (including phenoxy) is 1. The van der Waals surface area contributed by atoms with Gasteiger partial charge in [0.2, 0.25) is 0 Å². The first-order chi connectivity index (χ1) is 7.74. The van der Waals surface area contributed by atoms with Crippen molar-refractivity contribution in [3.8, 4) is 5.75 Å². The van der Waals surface area contributed by atoms with Gasteiger partial charge in [-0.05, 0) is 4.92 Å². The smallest absolute Gasteiger partial charge is 0.405 e. The number of H-pyrrole nitrogens is 1. The number of hydrogen-bond acceptors (Lipinski definition) is 4. The van der Waals surface area contributed by atoms with Crippen LogP contribution in [0.2, 0.25) is 0 Å². The van der Waals surface area contributed by atoms with Gasteiger partial charge < -0.3 is 14.9 Å². The highest BCUT2D eigenvalue weighted by Gasteiger charge is 2.33. The van der Waals surface area contributed by atoms with Crippen molar-refractivity contribution < 1.29 is 22.8 Å². The number of nitrogens with one attached hydrogen (secondary N) is 1. The van der Waals surface area contributed by atoms with Crippen LogP contribution in [0.25, 0.3) is 0 Å². The molecule has 0 aromatic carbocycles. The molecule has 0 radical (unpaired) electrons. The second-order valence-electron chi connectivity index (χ2n) is 2.77. The summed E-state index contributed by atoms with van der Waals surface area (Å²) in [5, 5.41) is 10.1. The van der Waals surface area contributed by atoms with Crippen molar-refractivity contribution in [1.29, 1.82) is 0 Å². The van der Waals surface area contributed by atoms with E-state index in [0.717, 1.165) is 0 Å². The van der Waals surface area contributed by atoms with Gasteiger partial charge >= 0.3 is 17.7 Å². The maximum Gasteiger partial charge on any atom is 0.573 e. The average Bonchev–Trinajstić information content (AvgIpc) is 2.14. The molecule has 0 atom stereocenters. The molecule has 0 saturated carbocycles. The van der Waals surface area contributed by atoms with Gasteiger partial charge in [0, 0.05) is 5.33 Å². The highest BCUT2D eigenvalue weighted by Crippen LogP contribution is 2.27. The molecule has 17 heavy (non-hydrogen) atoms. The van der Waals surface area contributed by atoms with E-state index in [9.17, 15) is 28.1 Å². The standard InChI is InChI=1S/C7H4BrF3N2O4/c8-2-3-4(17-7(9,10)11)1-5(13(15)16)12-6(3)14/h1H,2H2,(H,12,14). The summed E-state index contributed by atoms with van der Waals surface area (Å²) in [6, 6.07) is 0.505. The Morgan fingerprint density at radius 2 is 2.12 bits per heavy atom. The maximum atomic E-state index is 12.0. The SMILES string of the molecule is O=c1[nH]c([N+](=O)[O-])cc(OC(F)(F)F)c1CBr. The lowest BCUT2D eigenvalue weighted by molar-refractivity contribution is -0.389. The summed E-state index contributed by atoms with van der Waals surface area (Å²) in [6.45, 7) is 0. The van der Waals surface area contributed by atoms with E-state index in [4.69, 9.17) is 0 Å². The molecule has 6 nitrogen and oxygen atoms in total. The average molecular weight is 317 g/mol. The molecule has 0 fully saturated rings. The van der Waals surface area contributed by atoms with Crippen LogP contribution in [0.5, 0.6) is 5.75 Å². The predicted octanol–water partition coefficient (Wildman–Crippen LogP) is 2.08. The number of aromatic amines is 1. The van der Waals surface area contributed by atoms with Gasteiger partial charge in [0.15, 0.2) is 0 Å². The van der Waals surface area contributed by atoms with Crippen LogP contribution in [0, 0.1) is 10.1 Å². The van der Waals surface area contributed by atoms with E-state index in [-0.39, 0.29) is 10.9 Å². The third-order valence-corrected chi connectivity index (χ3v) is 2.20. The Bertz CT molecular complexity index is 499. The van der Waals surface area contributed by atoms with E-state index in [1.807, 2.05) is 4.98 Å². The van der Waals surface area contributed by atoms with Crippen LogP contribution < -0.4 is 10.3 Å². The summed E-state index contributed by atoms with van der Waals surface area (Å²) in [5.74, 6) is -1.77. The largest absolute Gasteiger partial charge is 0.573 e. The third kappa shape index (κ3) is 3.44. The van der Waals surface area contributed by atoms with Gasteiger partial charge in [-0.25, -0.2) is 9.78 Å². The summed E-state index contributed by atoms with van der Waals surface area (Å²) in [7, 11) is 0. The lowest BCUT2D eigenvalue weighted by Crippen LogP contribution is -2.22. The minimum atomic E-state index is -5.03. The van der Waals surface area contributed by atoms with Crippen LogP contribution in [0.15, 0.2) is 10.9 Å². The number of rotatable bonds is 3. The van der Waals surface area contributed by atoms with Crippen molar-refractivity contribution in [2.24, 2.45) is 0 Å². The highest BCUT2D eigenvalue weighted by atomic mass is 79.9. The Morgan fingerprint density at radius 1 is 1.53 bits per heavy atom. The molecular weight excluding hydrogens is 313 g/mol. The Labute approximate surface area is 99.7 Å². The summed E-state index contributed by atoms with van der Waals surface area (Å²) in [6.07, 6.45) is -5.03. The van der Waals surface area contributed by atoms with E-state index in [2.05, 4.69) is 20.7 Å². The molecule has 0 bridgehead atoms. The third-order valence-electron chi connectivity index (χ3n) is 1.64. The molecular formula is C7H4BrF3N2O4. The molecule has 94 valence electrons. The zero-order valence-corrected chi connectivity index (χ0v) is 9.46. The van der Waals surface area contributed by atoms with Crippen LogP contribution >= 0.6 is 15.9 Å². The molecule has 1 rings (SSSR count). The molecule has 1 heterocycles. The number of nitrogens with zero attached hydrogens (tertiary/aromatic N) is 1. The monoisotopic (exact) mass is 316 g/mol. The molecule has 0 aliphatic carbocycles. The van der Waals surface area contributed by atoms with Crippen LogP contribution in [0.3, 0.4) is 0 Å². The van der Waals surface area contributed by atoms with Gasteiger partial charge in [0.1, 0.15) is 5.75 Å². The van der Waals surface area contributed by atoms with E-state index in [1.54, 1.807) is 0 Å². The number of nitro groups is 1. The summed E-state index contributed by atoms with van der Waals surface area (Å²) in [4.78, 5) is 22.4. The molecule has 1 aromatic rings. The first-order valence-corrected chi connectivity index (χ1v) is 5.09. The summed E-state index contributed by atoms with van der Waals surface area (Å²) >= 11 is 2.79. The van der Waals surface area contributed by atoms with Crippen molar-refractivity contribution in [3.63, 3.8) is 0 Å². The molecule has 0 amide bonds. The van der Waals surface area contributed by atoms with Gasteiger partial charge in [-0.2, -0.15) is 0 Å². The lowest BCUT2D eigenvalue weighted by Gasteiger charge is -2.10. The minimum Gasteiger partial charge on any atom is -0.405 e. The molecule has 10 heteroatoms. The van der Waals surface area contributed by atoms with E-state index in [0.29, 0.717) is 6.07 Å². The molecule has 0 aliphatic rings. The van der Waals surface area contributed by atoms with Crippen LogP contribution in [-0.4, -0.2) is 16.3 Å². The fourth-order valence-corrected chi connectivity index (χ4v) is 1.52. The molecule has 0 unspecified atom stereocenters. The number of aromatic nitrogens is 1. The van der Waals surface area contributed by atoms with Crippen molar-refractivity contribution in [1.82, 2.24) is 4.98 Å². The fourth-order valence-electron chi connectivity index (χ4n) is 0.992. The Kier molecular flexibility index (Phi) is 3.76. The molecule has 0 saturated heterocycles. The Morgan fingerprint density at radius 3 is 2.53 bits per heavy atom. The number of pyridine rings is 1. The van der Waals surface area contributed by atoms with Crippen LogP contribution in [0.1, 0.15) is 5.56 Å². The maximum absolute atomic E-state index is 12.0. The molecule has 1 aromatic heterocycles. The number of halogens is 4. The van der Waals surface area contributed by atoms with Crippen molar-refractivity contribution in [2.75, 3.05) is 0 Å². The zero-order chi connectivity index (χ0) is 13.2. The Hall–Kier alpha value is -1.58. The topological polar surface area (TPSA) is 85.2 Å². The van der Waals surface area contributed by atoms with Gasteiger partial charge in [-0.3, -0.25) is 0 Å². The van der Waals surface area contributed by atoms with Crippen molar-refractivity contribution in [3.05, 3.63) is 32.1 Å². The van der Waals surface area contributed by atoms with Gasteiger partial charge in [0.25, 0.3) is 0 Å². The van der Waals surface area contributed by atoms with Crippen molar-refractivity contribution >= 4 is 21.7 Å². The van der Waals surface area contributed by atoms with Gasteiger partial charge in [-0.15, -0.1) is 13.2 Å². The fraction of sp³-hybridized carbons (Fsp3) is 0.286. The predicted molar refractivity (Wildman–Crippen MR) is 53.0 cm³/mol. The quantitative estimate of drug-likeness (QED) is 0.525. The van der Waals surface area contributed by atoms with E-state index >= 15 is 0 Å². The second-order valence-corrected chi connectivity index (χ2v) is 3.33. The zero-order valence-electron chi connectivity index (χ0n) is 7.88. The van der Waals surface area contributed by atoms with Crippen molar-refractivity contribution in [2.45, 2.75) is 11.7 Å². The summed E-state index contributed by atoms with van der Waals surface area (Å²) < 4.78 is 39.5. The number of hydrogen-bond donors (Lipinski definition) is 1. The van der Waals surface area contributed by atoms with E-state index in [1.165, 1.54) is 0 Å².